The van der Waals surface area contributed by atoms with Crippen LogP contribution in [0.1, 0.15) is 40.8 Å². The summed E-state index contributed by atoms with van der Waals surface area (Å²) in [7, 11) is -3.54. The van der Waals surface area contributed by atoms with Crippen LogP contribution in [0.5, 0.6) is 0 Å². The zero-order valence-electron chi connectivity index (χ0n) is 16.6. The van der Waals surface area contributed by atoms with Gasteiger partial charge in [0, 0.05) is 6.04 Å². The Morgan fingerprint density at radius 2 is 1.69 bits per heavy atom. The number of amides is 1. The standard InChI is InChI=1S/C23H25NO4S/c1-17-8-6-7-11-22(17)29(26,27)16-20-14-15-21(28-20)23(25)24-18(2)12-13-19-9-4-3-5-10-19/h3-11,14-15,18H,12-13,16H2,1-2H3,(H,24,25). The van der Waals surface area contributed by atoms with E-state index in [9.17, 15) is 13.2 Å². The first kappa shape index (κ1) is 20.9. The molecule has 6 heteroatoms. The van der Waals surface area contributed by atoms with Crippen molar-refractivity contribution in [3.63, 3.8) is 0 Å². The molecule has 1 N–H and O–H groups in total. The summed E-state index contributed by atoms with van der Waals surface area (Å²) in [4.78, 5) is 12.7. The van der Waals surface area contributed by atoms with E-state index in [1.54, 1.807) is 37.3 Å². The monoisotopic (exact) mass is 411 g/mol. The van der Waals surface area contributed by atoms with E-state index in [4.69, 9.17) is 4.42 Å². The van der Waals surface area contributed by atoms with Gasteiger partial charge in [-0.15, -0.1) is 0 Å². The maximum absolute atomic E-state index is 12.6. The summed E-state index contributed by atoms with van der Waals surface area (Å²) < 4.78 is 30.8. The number of aryl methyl sites for hydroxylation is 2. The van der Waals surface area contributed by atoms with Crippen molar-refractivity contribution in [1.82, 2.24) is 5.32 Å². The van der Waals surface area contributed by atoms with Crippen LogP contribution in [0.4, 0.5) is 0 Å². The molecule has 1 heterocycles. The van der Waals surface area contributed by atoms with Gasteiger partial charge in [0.1, 0.15) is 11.5 Å². The number of nitrogens with one attached hydrogen (secondary N) is 1. The smallest absolute Gasteiger partial charge is 0.287 e. The summed E-state index contributed by atoms with van der Waals surface area (Å²) in [5.74, 6) is -0.263. The van der Waals surface area contributed by atoms with Crippen molar-refractivity contribution >= 4 is 15.7 Å². The summed E-state index contributed by atoms with van der Waals surface area (Å²) >= 11 is 0. The molecule has 1 amide bonds. The van der Waals surface area contributed by atoms with E-state index < -0.39 is 9.84 Å². The van der Waals surface area contributed by atoms with E-state index in [-0.39, 0.29) is 34.1 Å². The first-order chi connectivity index (χ1) is 13.8. The second-order valence-electron chi connectivity index (χ2n) is 7.19. The fourth-order valence-electron chi connectivity index (χ4n) is 3.14. The van der Waals surface area contributed by atoms with E-state index >= 15 is 0 Å². The Balaban J connectivity index is 1.59. The number of carbonyl (C=O) groups excluding carboxylic acids is 1. The Morgan fingerprint density at radius 1 is 1.00 bits per heavy atom. The van der Waals surface area contributed by atoms with Gasteiger partial charge in [0.15, 0.2) is 15.6 Å². The fourth-order valence-corrected chi connectivity index (χ4v) is 4.67. The second kappa shape index (κ2) is 9.09. The molecule has 0 bridgehead atoms. The zero-order valence-corrected chi connectivity index (χ0v) is 17.4. The summed E-state index contributed by atoms with van der Waals surface area (Å²) in [5, 5.41) is 2.90. The highest BCUT2D eigenvalue weighted by molar-refractivity contribution is 7.90. The number of furan rings is 1. The summed E-state index contributed by atoms with van der Waals surface area (Å²) in [5.41, 5.74) is 1.90. The normalized spacial score (nSPS) is 12.5. The quantitative estimate of drug-likeness (QED) is 0.599. The topological polar surface area (TPSA) is 76.4 Å². The molecule has 2 aromatic carbocycles. The van der Waals surface area contributed by atoms with Gasteiger partial charge in [0.05, 0.1) is 4.90 Å². The van der Waals surface area contributed by atoms with Crippen LogP contribution in [0.3, 0.4) is 0 Å². The number of sulfone groups is 1. The maximum atomic E-state index is 12.6. The van der Waals surface area contributed by atoms with Crippen LogP contribution in [0.2, 0.25) is 0 Å². The predicted octanol–water partition coefficient (Wildman–Crippen LogP) is 4.31. The van der Waals surface area contributed by atoms with Gasteiger partial charge in [-0.2, -0.15) is 0 Å². The molecule has 1 atom stereocenters. The average molecular weight is 412 g/mol. The number of rotatable bonds is 8. The van der Waals surface area contributed by atoms with Crippen LogP contribution in [-0.4, -0.2) is 20.4 Å². The SMILES string of the molecule is Cc1ccccc1S(=O)(=O)Cc1ccc(C(=O)NC(C)CCc2ccccc2)o1. The molecule has 0 radical (unpaired) electrons. The van der Waals surface area contributed by atoms with Gasteiger partial charge in [0.2, 0.25) is 0 Å². The lowest BCUT2D eigenvalue weighted by Crippen LogP contribution is -2.32. The number of hydrogen-bond acceptors (Lipinski definition) is 4. The first-order valence-electron chi connectivity index (χ1n) is 9.57. The predicted molar refractivity (Wildman–Crippen MR) is 112 cm³/mol. The maximum Gasteiger partial charge on any atom is 0.287 e. The molecule has 29 heavy (non-hydrogen) atoms. The molecule has 0 spiro atoms. The molecule has 3 rings (SSSR count). The Labute approximate surface area is 171 Å². The highest BCUT2D eigenvalue weighted by atomic mass is 32.2. The first-order valence-corrected chi connectivity index (χ1v) is 11.2. The van der Waals surface area contributed by atoms with Crippen molar-refractivity contribution in [2.24, 2.45) is 0 Å². The molecular weight excluding hydrogens is 386 g/mol. The molecule has 152 valence electrons. The van der Waals surface area contributed by atoms with Gasteiger partial charge in [-0.3, -0.25) is 4.79 Å². The van der Waals surface area contributed by atoms with Gasteiger partial charge < -0.3 is 9.73 Å². The molecule has 0 saturated heterocycles. The lowest BCUT2D eigenvalue weighted by atomic mass is 10.1. The molecule has 0 fully saturated rings. The van der Waals surface area contributed by atoms with E-state index in [0.717, 1.165) is 12.8 Å². The summed E-state index contributed by atoms with van der Waals surface area (Å²) in [6.07, 6.45) is 1.66. The van der Waals surface area contributed by atoms with Crippen LogP contribution in [0.25, 0.3) is 0 Å². The van der Waals surface area contributed by atoms with E-state index in [0.29, 0.717) is 5.56 Å². The van der Waals surface area contributed by atoms with Crippen molar-refractivity contribution in [2.75, 3.05) is 0 Å². The van der Waals surface area contributed by atoms with Crippen molar-refractivity contribution < 1.29 is 17.6 Å². The highest BCUT2D eigenvalue weighted by Gasteiger charge is 2.21. The van der Waals surface area contributed by atoms with E-state index in [2.05, 4.69) is 17.4 Å². The molecule has 3 aromatic rings. The van der Waals surface area contributed by atoms with Crippen LogP contribution in [-0.2, 0) is 22.0 Å². The molecule has 0 aliphatic rings. The van der Waals surface area contributed by atoms with E-state index in [1.807, 2.05) is 25.1 Å². The highest BCUT2D eigenvalue weighted by Crippen LogP contribution is 2.21. The van der Waals surface area contributed by atoms with Crippen LogP contribution >= 0.6 is 0 Å². The van der Waals surface area contributed by atoms with Crippen LogP contribution in [0, 0.1) is 6.92 Å². The Hall–Kier alpha value is -2.86. The minimum absolute atomic E-state index is 0.0352. The third-order valence-electron chi connectivity index (χ3n) is 4.73. The van der Waals surface area contributed by atoms with Gasteiger partial charge in [-0.1, -0.05) is 48.5 Å². The van der Waals surface area contributed by atoms with Gasteiger partial charge in [-0.25, -0.2) is 8.42 Å². The Bertz CT molecular complexity index is 1070. The van der Waals surface area contributed by atoms with Crippen LogP contribution < -0.4 is 5.32 Å². The Kier molecular flexibility index (Phi) is 6.54. The molecule has 0 aliphatic heterocycles. The second-order valence-corrected chi connectivity index (χ2v) is 9.15. The molecule has 5 nitrogen and oxygen atoms in total. The molecule has 1 unspecified atom stereocenters. The van der Waals surface area contributed by atoms with E-state index in [1.165, 1.54) is 11.6 Å². The Morgan fingerprint density at radius 3 is 2.41 bits per heavy atom. The minimum atomic E-state index is -3.54. The third kappa shape index (κ3) is 5.57. The van der Waals surface area contributed by atoms with Crippen molar-refractivity contribution in [3.05, 3.63) is 89.4 Å². The lowest BCUT2D eigenvalue weighted by Gasteiger charge is -2.12. The third-order valence-corrected chi connectivity index (χ3v) is 6.53. The van der Waals surface area contributed by atoms with Crippen molar-refractivity contribution in [2.45, 2.75) is 43.4 Å². The van der Waals surface area contributed by atoms with Crippen LogP contribution in [0.15, 0.2) is 76.0 Å². The number of carbonyl (C=O) groups is 1. The molecule has 0 aliphatic carbocycles. The lowest BCUT2D eigenvalue weighted by molar-refractivity contribution is 0.0909. The molecule has 0 saturated carbocycles. The fraction of sp³-hybridized carbons (Fsp3) is 0.261. The average Bonchev–Trinajstić information content (AvgIpc) is 3.15. The van der Waals surface area contributed by atoms with Crippen molar-refractivity contribution in [1.29, 1.82) is 0 Å². The summed E-state index contributed by atoms with van der Waals surface area (Å²) in [6.45, 7) is 3.69. The van der Waals surface area contributed by atoms with Gasteiger partial charge in [-0.05, 0) is 56.0 Å². The number of benzene rings is 2. The number of hydrogen-bond donors (Lipinski definition) is 1. The zero-order chi connectivity index (χ0) is 20.9. The molecule has 1 aromatic heterocycles. The summed E-state index contributed by atoms with van der Waals surface area (Å²) in [6, 6.07) is 19.9. The largest absolute Gasteiger partial charge is 0.455 e. The minimum Gasteiger partial charge on any atom is -0.455 e. The van der Waals surface area contributed by atoms with Crippen molar-refractivity contribution in [3.8, 4) is 0 Å². The van der Waals surface area contributed by atoms with Gasteiger partial charge >= 0.3 is 0 Å². The molecular formula is C23H25NO4S. The van der Waals surface area contributed by atoms with Gasteiger partial charge in [0.25, 0.3) is 5.91 Å².